The monoisotopic (exact) mass is 431 g/mol. The lowest BCUT2D eigenvalue weighted by atomic mass is 10.1. The Bertz CT molecular complexity index is 813. The van der Waals surface area contributed by atoms with Crippen molar-refractivity contribution in [2.75, 3.05) is 31.1 Å². The number of amides is 1. The lowest BCUT2D eigenvalue weighted by Gasteiger charge is -2.23. The number of nitrogens with zero attached hydrogens (tertiary/aromatic N) is 3. The summed E-state index contributed by atoms with van der Waals surface area (Å²) in [5, 5.41) is 11.4. The van der Waals surface area contributed by atoms with Gasteiger partial charge in [-0.1, -0.05) is 46.3 Å². The average Bonchev–Trinajstić information content (AvgIpc) is 2.93. The Balaban J connectivity index is 1.63. The van der Waals surface area contributed by atoms with Gasteiger partial charge in [0.05, 0.1) is 4.92 Å². The van der Waals surface area contributed by atoms with Gasteiger partial charge in [0.2, 0.25) is 5.91 Å². The van der Waals surface area contributed by atoms with Gasteiger partial charge >= 0.3 is 0 Å². The predicted molar refractivity (Wildman–Crippen MR) is 109 cm³/mol. The smallest absolute Gasteiger partial charge is 0.292 e. The second-order valence-electron chi connectivity index (χ2n) is 6.60. The number of benzene rings is 2. The number of rotatable bonds is 5. The van der Waals surface area contributed by atoms with Gasteiger partial charge in [-0.3, -0.25) is 14.9 Å². The Hall–Kier alpha value is -2.41. The lowest BCUT2D eigenvalue weighted by molar-refractivity contribution is -0.384. The number of aryl methyl sites for hydroxylation is 1. The van der Waals surface area contributed by atoms with Crippen LogP contribution in [-0.4, -0.2) is 41.9 Å². The van der Waals surface area contributed by atoms with Crippen LogP contribution in [0.1, 0.15) is 18.4 Å². The van der Waals surface area contributed by atoms with Crippen LogP contribution in [0.4, 0.5) is 11.4 Å². The quantitative estimate of drug-likeness (QED) is 0.529. The number of nitro groups is 1. The summed E-state index contributed by atoms with van der Waals surface area (Å²) < 4.78 is 0.808. The van der Waals surface area contributed by atoms with Gasteiger partial charge in [0.25, 0.3) is 5.69 Å². The molecule has 0 atom stereocenters. The molecule has 0 N–H and O–H groups in total. The molecule has 0 aromatic heterocycles. The molecule has 3 rings (SSSR count). The van der Waals surface area contributed by atoms with Crippen molar-refractivity contribution >= 4 is 33.2 Å². The normalized spacial score (nSPS) is 14.7. The van der Waals surface area contributed by atoms with Crippen molar-refractivity contribution in [2.24, 2.45) is 0 Å². The maximum atomic E-state index is 12.6. The Morgan fingerprint density at radius 1 is 1.07 bits per heavy atom. The summed E-state index contributed by atoms with van der Waals surface area (Å²) in [5.74, 6) is 0.143. The number of hydrogen-bond acceptors (Lipinski definition) is 4. The van der Waals surface area contributed by atoms with Crippen molar-refractivity contribution in [3.05, 3.63) is 68.7 Å². The lowest BCUT2D eigenvalue weighted by Crippen LogP contribution is -2.35. The largest absolute Gasteiger partial charge is 0.364 e. The van der Waals surface area contributed by atoms with Crippen molar-refractivity contribution < 1.29 is 9.72 Å². The molecular weight excluding hydrogens is 410 g/mol. The molecule has 0 aliphatic carbocycles. The van der Waals surface area contributed by atoms with Gasteiger partial charge in [-0.25, -0.2) is 0 Å². The molecule has 0 radical (unpaired) electrons. The molecule has 1 amide bonds. The maximum Gasteiger partial charge on any atom is 0.292 e. The second kappa shape index (κ2) is 8.99. The van der Waals surface area contributed by atoms with Gasteiger partial charge in [0.15, 0.2) is 0 Å². The summed E-state index contributed by atoms with van der Waals surface area (Å²) in [6, 6.07) is 15.0. The zero-order valence-electron chi connectivity index (χ0n) is 15.0. The van der Waals surface area contributed by atoms with Crippen molar-refractivity contribution in [1.29, 1.82) is 0 Å². The molecule has 1 heterocycles. The van der Waals surface area contributed by atoms with Crippen LogP contribution in [0.25, 0.3) is 0 Å². The summed E-state index contributed by atoms with van der Waals surface area (Å²) in [4.78, 5) is 27.5. The molecule has 6 nitrogen and oxygen atoms in total. The van der Waals surface area contributed by atoms with Crippen molar-refractivity contribution in [2.45, 2.75) is 19.3 Å². The fourth-order valence-electron chi connectivity index (χ4n) is 3.37. The number of anilines is 1. The van der Waals surface area contributed by atoms with E-state index in [-0.39, 0.29) is 16.5 Å². The van der Waals surface area contributed by atoms with E-state index >= 15 is 0 Å². The highest BCUT2D eigenvalue weighted by Crippen LogP contribution is 2.32. The third-order valence-electron chi connectivity index (χ3n) is 4.79. The molecule has 0 saturated carbocycles. The SMILES string of the molecule is O=C(CCc1ccccc1)N1CCCN(c2cc(Br)ccc2[N+](=O)[O-])CC1. The van der Waals surface area contributed by atoms with Gasteiger partial charge in [0, 0.05) is 43.1 Å². The molecule has 1 saturated heterocycles. The van der Waals surface area contributed by atoms with Gasteiger partial charge in [0.1, 0.15) is 5.69 Å². The highest BCUT2D eigenvalue weighted by molar-refractivity contribution is 9.10. The molecule has 142 valence electrons. The molecular formula is C20H22BrN3O3. The first-order valence-electron chi connectivity index (χ1n) is 9.05. The van der Waals surface area contributed by atoms with E-state index in [1.807, 2.05) is 40.1 Å². The van der Waals surface area contributed by atoms with E-state index in [1.165, 1.54) is 6.07 Å². The number of carbonyl (C=O) groups excluding carboxylic acids is 1. The van der Waals surface area contributed by atoms with E-state index in [9.17, 15) is 14.9 Å². The van der Waals surface area contributed by atoms with Gasteiger partial charge < -0.3 is 9.80 Å². The standard InChI is InChI=1S/C20H22BrN3O3/c21-17-8-9-18(24(26)27)19(15-17)22-11-4-12-23(14-13-22)20(25)10-7-16-5-2-1-3-6-16/h1-3,5-6,8-9,15H,4,7,10-14H2. The maximum absolute atomic E-state index is 12.6. The summed E-state index contributed by atoms with van der Waals surface area (Å²) in [6.45, 7) is 2.55. The first-order valence-corrected chi connectivity index (χ1v) is 9.84. The molecule has 27 heavy (non-hydrogen) atoms. The third kappa shape index (κ3) is 5.07. The van der Waals surface area contributed by atoms with Crippen molar-refractivity contribution in [3.8, 4) is 0 Å². The average molecular weight is 432 g/mol. The van der Waals surface area contributed by atoms with E-state index in [2.05, 4.69) is 15.9 Å². The van der Waals surface area contributed by atoms with Crippen LogP contribution < -0.4 is 4.90 Å². The summed E-state index contributed by atoms with van der Waals surface area (Å²) >= 11 is 3.40. The van der Waals surface area contributed by atoms with Crippen LogP contribution in [-0.2, 0) is 11.2 Å². The molecule has 2 aromatic rings. The van der Waals surface area contributed by atoms with Crippen molar-refractivity contribution in [1.82, 2.24) is 4.90 Å². The van der Waals surface area contributed by atoms with Gasteiger partial charge in [-0.05, 0) is 30.5 Å². The zero-order valence-corrected chi connectivity index (χ0v) is 16.6. The van der Waals surface area contributed by atoms with Gasteiger partial charge in [-0.2, -0.15) is 0 Å². The Kier molecular flexibility index (Phi) is 6.45. The summed E-state index contributed by atoms with van der Waals surface area (Å²) in [7, 11) is 0. The van der Waals surface area contributed by atoms with E-state index in [4.69, 9.17) is 0 Å². The fourth-order valence-corrected chi connectivity index (χ4v) is 3.72. The summed E-state index contributed by atoms with van der Waals surface area (Å²) in [6.07, 6.45) is 2.01. The van der Waals surface area contributed by atoms with Crippen LogP contribution in [0.15, 0.2) is 53.0 Å². The second-order valence-corrected chi connectivity index (χ2v) is 7.51. The van der Waals surface area contributed by atoms with E-state index in [0.29, 0.717) is 38.3 Å². The molecule has 0 bridgehead atoms. The highest BCUT2D eigenvalue weighted by atomic mass is 79.9. The first kappa shape index (κ1) is 19.4. The highest BCUT2D eigenvalue weighted by Gasteiger charge is 2.24. The molecule has 1 aliphatic rings. The van der Waals surface area contributed by atoms with Crippen LogP contribution in [0, 0.1) is 10.1 Å². The van der Waals surface area contributed by atoms with E-state index in [1.54, 1.807) is 12.1 Å². The third-order valence-corrected chi connectivity index (χ3v) is 5.29. The number of hydrogen-bond donors (Lipinski definition) is 0. The summed E-state index contributed by atoms with van der Waals surface area (Å²) in [5.41, 5.74) is 1.86. The molecule has 0 unspecified atom stereocenters. The van der Waals surface area contributed by atoms with Crippen LogP contribution >= 0.6 is 15.9 Å². The Morgan fingerprint density at radius 2 is 1.85 bits per heavy atom. The Morgan fingerprint density at radius 3 is 2.59 bits per heavy atom. The molecule has 1 aliphatic heterocycles. The minimum absolute atomic E-state index is 0.0991. The van der Waals surface area contributed by atoms with Crippen LogP contribution in [0.2, 0.25) is 0 Å². The van der Waals surface area contributed by atoms with E-state index in [0.717, 1.165) is 22.9 Å². The van der Waals surface area contributed by atoms with Crippen LogP contribution in [0.3, 0.4) is 0 Å². The molecule has 0 spiro atoms. The van der Waals surface area contributed by atoms with Crippen LogP contribution in [0.5, 0.6) is 0 Å². The predicted octanol–water partition coefficient (Wildman–Crippen LogP) is 4.03. The number of halogens is 1. The number of carbonyl (C=O) groups is 1. The number of nitro benzene ring substituents is 1. The molecule has 1 fully saturated rings. The Labute approximate surface area is 167 Å². The minimum Gasteiger partial charge on any atom is -0.364 e. The fraction of sp³-hybridized carbons (Fsp3) is 0.350. The minimum atomic E-state index is -0.352. The van der Waals surface area contributed by atoms with E-state index < -0.39 is 0 Å². The molecule has 7 heteroatoms. The van der Waals surface area contributed by atoms with Crippen molar-refractivity contribution in [3.63, 3.8) is 0 Å². The molecule has 2 aromatic carbocycles. The van der Waals surface area contributed by atoms with Gasteiger partial charge in [-0.15, -0.1) is 0 Å². The topological polar surface area (TPSA) is 66.7 Å². The zero-order chi connectivity index (χ0) is 19.2. The first-order chi connectivity index (χ1) is 13.0.